The Morgan fingerprint density at radius 1 is 1.50 bits per heavy atom. The van der Waals surface area contributed by atoms with Crippen molar-refractivity contribution < 1.29 is 5.11 Å². The van der Waals surface area contributed by atoms with Crippen LogP contribution in [0.25, 0.3) is 0 Å². The summed E-state index contributed by atoms with van der Waals surface area (Å²) >= 11 is 5.65. The Morgan fingerprint density at radius 2 is 2.14 bits per heavy atom. The molecule has 0 aliphatic rings. The van der Waals surface area contributed by atoms with Crippen molar-refractivity contribution in [2.45, 2.75) is 32.4 Å². The van der Waals surface area contributed by atoms with Gasteiger partial charge in [0.15, 0.2) is 0 Å². The van der Waals surface area contributed by atoms with E-state index in [1.807, 2.05) is 13.0 Å². The number of hydrogen-bond acceptors (Lipinski definition) is 3. The van der Waals surface area contributed by atoms with Crippen molar-refractivity contribution in [3.8, 4) is 0 Å². The first-order valence-corrected chi connectivity index (χ1v) is 4.88. The van der Waals surface area contributed by atoms with Crippen molar-refractivity contribution in [1.82, 2.24) is 4.98 Å². The van der Waals surface area contributed by atoms with Gasteiger partial charge in [-0.05, 0) is 32.9 Å². The van der Waals surface area contributed by atoms with Crippen molar-refractivity contribution in [2.75, 3.05) is 5.32 Å². The molecule has 1 heterocycles. The molecule has 0 aliphatic carbocycles. The molecular weight excluding hydrogens is 200 g/mol. The van der Waals surface area contributed by atoms with E-state index in [-0.39, 0.29) is 6.04 Å². The maximum absolute atomic E-state index is 9.69. The van der Waals surface area contributed by atoms with Gasteiger partial charge in [0.05, 0.1) is 23.5 Å². The predicted molar refractivity (Wildman–Crippen MR) is 58.6 cm³/mol. The molecule has 0 saturated carbocycles. The monoisotopic (exact) mass is 214 g/mol. The van der Waals surface area contributed by atoms with Gasteiger partial charge in [-0.2, -0.15) is 0 Å². The van der Waals surface area contributed by atoms with Crippen LogP contribution in [-0.4, -0.2) is 21.7 Å². The van der Waals surface area contributed by atoms with E-state index in [1.54, 1.807) is 26.1 Å². The number of aliphatic hydroxyl groups is 1. The summed E-state index contributed by atoms with van der Waals surface area (Å²) in [7, 11) is 0. The highest BCUT2D eigenvalue weighted by atomic mass is 35.5. The molecule has 1 unspecified atom stereocenters. The van der Waals surface area contributed by atoms with Gasteiger partial charge in [-0.3, -0.25) is 0 Å². The Labute approximate surface area is 89.1 Å². The molecule has 0 spiro atoms. The van der Waals surface area contributed by atoms with Gasteiger partial charge in [-0.15, -0.1) is 0 Å². The highest BCUT2D eigenvalue weighted by molar-refractivity contribution is 6.29. The van der Waals surface area contributed by atoms with Crippen molar-refractivity contribution in [3.63, 3.8) is 0 Å². The molecule has 0 bridgehead atoms. The molecule has 3 nitrogen and oxygen atoms in total. The lowest BCUT2D eigenvalue weighted by atomic mass is 10.0. The molecule has 1 rings (SSSR count). The second-order valence-electron chi connectivity index (χ2n) is 3.89. The Kier molecular flexibility index (Phi) is 3.34. The third-order valence-electron chi connectivity index (χ3n) is 2.17. The molecule has 14 heavy (non-hydrogen) atoms. The predicted octanol–water partition coefficient (Wildman–Crippen LogP) is 2.31. The molecule has 0 aliphatic heterocycles. The number of aromatic nitrogens is 1. The van der Waals surface area contributed by atoms with E-state index >= 15 is 0 Å². The van der Waals surface area contributed by atoms with E-state index in [2.05, 4.69) is 10.3 Å². The minimum absolute atomic E-state index is 0.0505. The summed E-state index contributed by atoms with van der Waals surface area (Å²) in [4.78, 5) is 3.94. The van der Waals surface area contributed by atoms with Gasteiger partial charge in [0.1, 0.15) is 5.15 Å². The fourth-order valence-electron chi connectivity index (χ4n) is 0.888. The second kappa shape index (κ2) is 4.15. The van der Waals surface area contributed by atoms with Crippen LogP contribution in [0, 0.1) is 0 Å². The van der Waals surface area contributed by atoms with Crippen molar-refractivity contribution >= 4 is 17.3 Å². The van der Waals surface area contributed by atoms with E-state index in [1.165, 1.54) is 0 Å². The van der Waals surface area contributed by atoms with Crippen LogP contribution in [0.5, 0.6) is 0 Å². The van der Waals surface area contributed by atoms with Crippen LogP contribution in [0.3, 0.4) is 0 Å². The number of rotatable bonds is 3. The van der Waals surface area contributed by atoms with E-state index in [4.69, 9.17) is 11.6 Å². The van der Waals surface area contributed by atoms with Crippen LogP contribution in [-0.2, 0) is 0 Å². The summed E-state index contributed by atoms with van der Waals surface area (Å²) < 4.78 is 0. The Balaban J connectivity index is 2.65. The van der Waals surface area contributed by atoms with Crippen LogP contribution >= 0.6 is 11.6 Å². The molecule has 0 amide bonds. The molecular formula is C10H15ClN2O. The van der Waals surface area contributed by atoms with Gasteiger partial charge in [0, 0.05) is 0 Å². The molecule has 4 heteroatoms. The number of nitrogens with one attached hydrogen (secondary N) is 1. The van der Waals surface area contributed by atoms with Crippen LogP contribution in [0.15, 0.2) is 18.3 Å². The van der Waals surface area contributed by atoms with Crippen LogP contribution in [0.1, 0.15) is 20.8 Å². The lowest BCUT2D eigenvalue weighted by Gasteiger charge is -2.27. The van der Waals surface area contributed by atoms with Crippen molar-refractivity contribution in [3.05, 3.63) is 23.5 Å². The minimum atomic E-state index is -0.764. The minimum Gasteiger partial charge on any atom is -0.388 e. The standard InChI is InChI=1S/C10H15ClN2O/c1-7(10(2,3)14)13-8-4-5-9(11)12-6-8/h4-7,13-14H,1-3H3. The summed E-state index contributed by atoms with van der Waals surface area (Å²) in [6.07, 6.45) is 1.64. The van der Waals surface area contributed by atoms with Crippen molar-refractivity contribution in [2.24, 2.45) is 0 Å². The van der Waals surface area contributed by atoms with Crippen LogP contribution < -0.4 is 5.32 Å². The zero-order chi connectivity index (χ0) is 10.8. The average molecular weight is 215 g/mol. The average Bonchev–Trinajstić information content (AvgIpc) is 2.07. The third-order valence-corrected chi connectivity index (χ3v) is 2.39. The molecule has 1 aromatic rings. The van der Waals surface area contributed by atoms with Gasteiger partial charge in [-0.1, -0.05) is 11.6 Å². The Bertz CT molecular complexity index is 292. The van der Waals surface area contributed by atoms with Crippen molar-refractivity contribution in [1.29, 1.82) is 0 Å². The first-order valence-electron chi connectivity index (χ1n) is 4.50. The molecule has 0 radical (unpaired) electrons. The molecule has 78 valence electrons. The summed E-state index contributed by atoms with van der Waals surface area (Å²) in [6, 6.07) is 3.49. The zero-order valence-corrected chi connectivity index (χ0v) is 9.34. The molecule has 0 aromatic carbocycles. The van der Waals surface area contributed by atoms with E-state index in [9.17, 15) is 5.11 Å². The van der Waals surface area contributed by atoms with Gasteiger partial charge in [0.2, 0.25) is 0 Å². The highest BCUT2D eigenvalue weighted by Crippen LogP contribution is 2.15. The zero-order valence-electron chi connectivity index (χ0n) is 8.58. The van der Waals surface area contributed by atoms with Gasteiger partial charge >= 0.3 is 0 Å². The summed E-state index contributed by atoms with van der Waals surface area (Å²) in [6.45, 7) is 5.43. The third kappa shape index (κ3) is 3.16. The van der Waals surface area contributed by atoms with Gasteiger partial charge in [-0.25, -0.2) is 4.98 Å². The molecule has 0 saturated heterocycles. The topological polar surface area (TPSA) is 45.2 Å². The fraction of sp³-hybridized carbons (Fsp3) is 0.500. The van der Waals surface area contributed by atoms with E-state index in [0.717, 1.165) is 5.69 Å². The number of pyridine rings is 1. The molecule has 0 fully saturated rings. The smallest absolute Gasteiger partial charge is 0.129 e. The maximum atomic E-state index is 9.69. The van der Waals surface area contributed by atoms with Crippen LogP contribution in [0.2, 0.25) is 5.15 Å². The summed E-state index contributed by atoms with van der Waals surface area (Å²) in [5.41, 5.74) is 0.0867. The summed E-state index contributed by atoms with van der Waals surface area (Å²) in [5, 5.41) is 13.3. The number of nitrogens with zero attached hydrogens (tertiary/aromatic N) is 1. The normalized spacial score (nSPS) is 13.8. The van der Waals surface area contributed by atoms with E-state index in [0.29, 0.717) is 5.15 Å². The van der Waals surface area contributed by atoms with Crippen LogP contribution in [0.4, 0.5) is 5.69 Å². The molecule has 1 aromatic heterocycles. The SMILES string of the molecule is CC(Nc1ccc(Cl)nc1)C(C)(C)O. The Hall–Kier alpha value is -0.800. The number of hydrogen-bond donors (Lipinski definition) is 2. The number of halogens is 1. The molecule has 1 atom stereocenters. The highest BCUT2D eigenvalue weighted by Gasteiger charge is 2.21. The fourth-order valence-corrected chi connectivity index (χ4v) is 1.000. The maximum Gasteiger partial charge on any atom is 0.129 e. The Morgan fingerprint density at radius 3 is 2.57 bits per heavy atom. The van der Waals surface area contributed by atoms with Gasteiger partial charge < -0.3 is 10.4 Å². The van der Waals surface area contributed by atoms with E-state index < -0.39 is 5.60 Å². The number of anilines is 1. The molecule has 2 N–H and O–H groups in total. The second-order valence-corrected chi connectivity index (χ2v) is 4.28. The first kappa shape index (κ1) is 11.3. The van der Waals surface area contributed by atoms with Gasteiger partial charge in [0.25, 0.3) is 0 Å². The first-order chi connectivity index (χ1) is 6.39. The lowest BCUT2D eigenvalue weighted by Crippen LogP contribution is -2.39. The quantitative estimate of drug-likeness (QED) is 0.759. The lowest BCUT2D eigenvalue weighted by molar-refractivity contribution is 0.0649. The summed E-state index contributed by atoms with van der Waals surface area (Å²) in [5.74, 6) is 0. The largest absolute Gasteiger partial charge is 0.388 e.